The van der Waals surface area contributed by atoms with Gasteiger partial charge in [-0.25, -0.2) is 0 Å². The van der Waals surface area contributed by atoms with E-state index in [9.17, 15) is 4.79 Å². The summed E-state index contributed by atoms with van der Waals surface area (Å²) in [7, 11) is 0. The van der Waals surface area contributed by atoms with Crippen LogP contribution < -0.4 is 5.32 Å². The molecule has 0 saturated carbocycles. The molecule has 0 aliphatic carbocycles. The quantitative estimate of drug-likeness (QED) is 0.939. The van der Waals surface area contributed by atoms with Crippen molar-refractivity contribution < 1.29 is 4.79 Å². The fraction of sp³-hybridized carbons (Fsp3) is 0.444. The molecular weight excluding hydrogens is 274 g/mol. The van der Waals surface area contributed by atoms with E-state index in [1.54, 1.807) is 6.20 Å². The van der Waals surface area contributed by atoms with Gasteiger partial charge >= 0.3 is 0 Å². The van der Waals surface area contributed by atoms with Gasteiger partial charge in [-0.1, -0.05) is 37.3 Å². The Bertz CT molecular complexity index is 638. The Morgan fingerprint density at radius 3 is 2.45 bits per heavy atom. The van der Waals surface area contributed by atoms with E-state index in [1.165, 1.54) is 5.56 Å². The van der Waals surface area contributed by atoms with Crippen LogP contribution in [0.1, 0.15) is 55.2 Å². The number of carbonyl (C=O) groups is 1. The number of nitrogens with one attached hydrogen (secondary N) is 1. The topological polar surface area (TPSA) is 46.9 Å². The molecular formula is C18H25N3O. The molecule has 22 heavy (non-hydrogen) atoms. The third-order valence-electron chi connectivity index (χ3n) is 3.83. The van der Waals surface area contributed by atoms with Crippen LogP contribution in [0, 0.1) is 6.92 Å². The molecule has 1 unspecified atom stereocenters. The highest BCUT2D eigenvalue weighted by Gasteiger charge is 2.21. The Morgan fingerprint density at radius 2 is 1.91 bits per heavy atom. The van der Waals surface area contributed by atoms with Gasteiger partial charge in [-0.2, -0.15) is 5.10 Å². The van der Waals surface area contributed by atoms with Crippen LogP contribution >= 0.6 is 0 Å². The first-order chi connectivity index (χ1) is 10.3. The number of benzene rings is 1. The summed E-state index contributed by atoms with van der Waals surface area (Å²) in [5.74, 6) is 0.221. The van der Waals surface area contributed by atoms with Crippen LogP contribution in [0.5, 0.6) is 0 Å². The van der Waals surface area contributed by atoms with Gasteiger partial charge < -0.3 is 5.32 Å². The number of amides is 1. The molecule has 1 amide bonds. The second kappa shape index (κ2) is 6.34. The fourth-order valence-corrected chi connectivity index (χ4v) is 2.55. The van der Waals surface area contributed by atoms with Gasteiger partial charge in [-0.3, -0.25) is 9.48 Å². The van der Waals surface area contributed by atoms with E-state index in [0.717, 1.165) is 5.69 Å². The smallest absolute Gasteiger partial charge is 0.254 e. The van der Waals surface area contributed by atoms with Crippen LogP contribution in [0.25, 0.3) is 0 Å². The van der Waals surface area contributed by atoms with Gasteiger partial charge in [0.15, 0.2) is 0 Å². The van der Waals surface area contributed by atoms with E-state index in [2.05, 4.69) is 50.2 Å². The van der Waals surface area contributed by atoms with Crippen molar-refractivity contribution in [1.29, 1.82) is 0 Å². The number of rotatable bonds is 4. The lowest BCUT2D eigenvalue weighted by atomic mass is 10.0. The number of hydrogen-bond acceptors (Lipinski definition) is 2. The summed E-state index contributed by atoms with van der Waals surface area (Å²) in [6, 6.07) is 10.2. The minimum Gasteiger partial charge on any atom is -0.351 e. The molecule has 0 radical (unpaired) electrons. The maximum absolute atomic E-state index is 12.4. The summed E-state index contributed by atoms with van der Waals surface area (Å²) in [4.78, 5) is 12.4. The molecule has 1 atom stereocenters. The Labute approximate surface area is 132 Å². The first-order valence-electron chi connectivity index (χ1n) is 7.69. The lowest BCUT2D eigenvalue weighted by molar-refractivity contribution is 0.0951. The molecule has 2 aromatic rings. The zero-order valence-electron chi connectivity index (χ0n) is 14.1. The van der Waals surface area contributed by atoms with Crippen LogP contribution in [0.4, 0.5) is 0 Å². The van der Waals surface area contributed by atoms with Gasteiger partial charge in [0.25, 0.3) is 5.91 Å². The van der Waals surface area contributed by atoms with Gasteiger partial charge in [-0.05, 0) is 39.2 Å². The summed E-state index contributed by atoms with van der Waals surface area (Å²) in [5, 5.41) is 7.36. The normalized spacial score (nSPS) is 13.0. The fourth-order valence-electron chi connectivity index (χ4n) is 2.55. The third-order valence-corrected chi connectivity index (χ3v) is 3.83. The summed E-state index contributed by atoms with van der Waals surface area (Å²) < 4.78 is 1.89. The Balaban J connectivity index is 2.03. The molecule has 1 heterocycles. The van der Waals surface area contributed by atoms with Gasteiger partial charge in [0, 0.05) is 12.2 Å². The molecule has 1 aromatic carbocycles. The monoisotopic (exact) mass is 299 g/mol. The Morgan fingerprint density at radius 1 is 1.27 bits per heavy atom. The Hall–Kier alpha value is -2.10. The predicted octanol–water partition coefficient (Wildman–Crippen LogP) is 3.48. The van der Waals surface area contributed by atoms with Crippen LogP contribution in [0.15, 0.2) is 36.5 Å². The molecule has 0 aliphatic rings. The third kappa shape index (κ3) is 3.56. The number of aromatic nitrogens is 2. The van der Waals surface area contributed by atoms with Gasteiger partial charge in [0.2, 0.25) is 0 Å². The van der Waals surface area contributed by atoms with Crippen molar-refractivity contribution in [3.8, 4) is 0 Å². The van der Waals surface area contributed by atoms with Crippen molar-refractivity contribution >= 4 is 5.91 Å². The van der Waals surface area contributed by atoms with Crippen molar-refractivity contribution in [2.45, 2.75) is 46.1 Å². The zero-order valence-corrected chi connectivity index (χ0v) is 14.1. The molecule has 0 spiro atoms. The van der Waals surface area contributed by atoms with E-state index in [1.807, 2.05) is 29.8 Å². The van der Waals surface area contributed by atoms with E-state index < -0.39 is 0 Å². The van der Waals surface area contributed by atoms with Gasteiger partial charge in [-0.15, -0.1) is 0 Å². The maximum atomic E-state index is 12.4. The standard InChI is InChI=1S/C18H25N3O/c1-13(15-9-7-6-8-10-15)11-19-17(22)16-12-20-21(14(16)2)18(3,4)5/h6-10,12-13H,11H2,1-5H3,(H,19,22). The van der Waals surface area contributed by atoms with E-state index in [0.29, 0.717) is 12.1 Å². The first-order valence-corrected chi connectivity index (χ1v) is 7.69. The van der Waals surface area contributed by atoms with Gasteiger partial charge in [0.1, 0.15) is 0 Å². The molecule has 4 heteroatoms. The van der Waals surface area contributed by atoms with Crippen molar-refractivity contribution in [3.63, 3.8) is 0 Å². The summed E-state index contributed by atoms with van der Waals surface area (Å²) in [6.07, 6.45) is 1.66. The molecule has 118 valence electrons. The lowest BCUT2D eigenvalue weighted by Crippen LogP contribution is -2.29. The lowest BCUT2D eigenvalue weighted by Gasteiger charge is -2.21. The van der Waals surface area contributed by atoms with E-state index >= 15 is 0 Å². The molecule has 0 saturated heterocycles. The van der Waals surface area contributed by atoms with Crippen LogP contribution in [0.2, 0.25) is 0 Å². The average Bonchev–Trinajstić information content (AvgIpc) is 2.87. The molecule has 1 aromatic heterocycles. The maximum Gasteiger partial charge on any atom is 0.254 e. The van der Waals surface area contributed by atoms with Crippen molar-refractivity contribution in [3.05, 3.63) is 53.3 Å². The van der Waals surface area contributed by atoms with Crippen LogP contribution in [-0.2, 0) is 5.54 Å². The molecule has 0 bridgehead atoms. The largest absolute Gasteiger partial charge is 0.351 e. The zero-order chi connectivity index (χ0) is 16.3. The predicted molar refractivity (Wildman–Crippen MR) is 89.2 cm³/mol. The van der Waals surface area contributed by atoms with Crippen molar-refractivity contribution in [2.24, 2.45) is 0 Å². The van der Waals surface area contributed by atoms with Crippen molar-refractivity contribution in [1.82, 2.24) is 15.1 Å². The van der Waals surface area contributed by atoms with Crippen molar-refractivity contribution in [2.75, 3.05) is 6.54 Å². The molecule has 0 aliphatic heterocycles. The molecule has 2 rings (SSSR count). The van der Waals surface area contributed by atoms with Crippen LogP contribution in [0.3, 0.4) is 0 Å². The highest BCUT2D eigenvalue weighted by Crippen LogP contribution is 2.18. The number of carbonyl (C=O) groups excluding carboxylic acids is 1. The summed E-state index contributed by atoms with van der Waals surface area (Å²) in [5.41, 5.74) is 2.65. The van der Waals surface area contributed by atoms with Crippen LogP contribution in [-0.4, -0.2) is 22.2 Å². The number of hydrogen-bond donors (Lipinski definition) is 1. The highest BCUT2D eigenvalue weighted by atomic mass is 16.1. The molecule has 4 nitrogen and oxygen atoms in total. The summed E-state index contributed by atoms with van der Waals surface area (Å²) >= 11 is 0. The minimum atomic E-state index is -0.125. The van der Waals surface area contributed by atoms with E-state index in [-0.39, 0.29) is 17.4 Å². The highest BCUT2D eigenvalue weighted by molar-refractivity contribution is 5.95. The number of nitrogens with zero attached hydrogens (tertiary/aromatic N) is 2. The first kappa shape index (κ1) is 16.3. The van der Waals surface area contributed by atoms with Gasteiger partial charge in [0.05, 0.1) is 17.3 Å². The second-order valence-electron chi connectivity index (χ2n) is 6.75. The molecule has 1 N–H and O–H groups in total. The SMILES string of the molecule is Cc1c(C(=O)NCC(C)c2ccccc2)cnn1C(C)(C)C. The molecule has 0 fully saturated rings. The second-order valence-corrected chi connectivity index (χ2v) is 6.75. The average molecular weight is 299 g/mol. The van der Waals surface area contributed by atoms with E-state index in [4.69, 9.17) is 0 Å². The minimum absolute atomic E-state index is 0.0595. The summed E-state index contributed by atoms with van der Waals surface area (Å²) in [6.45, 7) is 10.9. The Kier molecular flexibility index (Phi) is 4.69.